The Hall–Kier alpha value is -0.660. The summed E-state index contributed by atoms with van der Waals surface area (Å²) in [6.07, 6.45) is 7.55. The van der Waals surface area contributed by atoms with E-state index in [1.54, 1.807) is 4.31 Å². The Bertz CT molecular complexity index is 605. The molecule has 2 saturated carbocycles. The van der Waals surface area contributed by atoms with Crippen LogP contribution in [0.5, 0.6) is 0 Å². The zero-order chi connectivity index (χ0) is 17.5. The Kier molecular flexibility index (Phi) is 4.84. The van der Waals surface area contributed by atoms with E-state index >= 15 is 0 Å². The summed E-state index contributed by atoms with van der Waals surface area (Å²) in [5, 5.41) is 0. The van der Waals surface area contributed by atoms with E-state index in [9.17, 15) is 13.2 Å². The molecule has 25 heavy (non-hydrogen) atoms. The van der Waals surface area contributed by atoms with Crippen molar-refractivity contribution in [2.45, 2.75) is 57.0 Å². The molecule has 4 rings (SSSR count). The first kappa shape index (κ1) is 17.7. The Morgan fingerprint density at radius 3 is 2.36 bits per heavy atom. The summed E-state index contributed by atoms with van der Waals surface area (Å²) in [6.45, 7) is 3.12. The molecule has 4 aliphatic rings. The van der Waals surface area contributed by atoms with Gasteiger partial charge < -0.3 is 9.64 Å². The molecule has 2 heterocycles. The van der Waals surface area contributed by atoms with Crippen molar-refractivity contribution >= 4 is 15.9 Å². The van der Waals surface area contributed by atoms with Crippen molar-refractivity contribution in [2.24, 2.45) is 11.8 Å². The van der Waals surface area contributed by atoms with Gasteiger partial charge in [-0.15, -0.1) is 0 Å². The first-order valence-electron chi connectivity index (χ1n) is 9.85. The fraction of sp³-hybridized carbons (Fsp3) is 0.944. The van der Waals surface area contributed by atoms with Gasteiger partial charge in [0.1, 0.15) is 0 Å². The maximum Gasteiger partial charge on any atom is 0.225 e. The number of hydrogen-bond acceptors (Lipinski definition) is 4. The molecule has 4 fully saturated rings. The number of ether oxygens (including phenoxy) is 1. The van der Waals surface area contributed by atoms with Crippen LogP contribution < -0.4 is 0 Å². The second-order valence-electron chi connectivity index (χ2n) is 8.47. The highest BCUT2D eigenvalue weighted by Crippen LogP contribution is 2.36. The zero-order valence-electron chi connectivity index (χ0n) is 15.0. The van der Waals surface area contributed by atoms with Crippen LogP contribution in [0.25, 0.3) is 0 Å². The monoisotopic (exact) mass is 370 g/mol. The minimum atomic E-state index is -3.14. The lowest BCUT2D eigenvalue weighted by atomic mass is 9.84. The molecule has 2 aliphatic carbocycles. The molecule has 0 aromatic heterocycles. The third-order valence-electron chi connectivity index (χ3n) is 6.47. The van der Waals surface area contributed by atoms with Crippen LogP contribution in [0.4, 0.5) is 0 Å². The van der Waals surface area contributed by atoms with Gasteiger partial charge in [0.15, 0.2) is 0 Å². The zero-order valence-corrected chi connectivity index (χ0v) is 15.8. The van der Waals surface area contributed by atoms with Crippen LogP contribution in [0.1, 0.15) is 51.4 Å². The Morgan fingerprint density at radius 1 is 1.04 bits per heavy atom. The molecule has 0 N–H and O–H groups in total. The van der Waals surface area contributed by atoms with E-state index < -0.39 is 15.6 Å². The average Bonchev–Trinajstić information content (AvgIpc) is 3.33. The fourth-order valence-corrected chi connectivity index (χ4v) is 6.18. The Balaban J connectivity index is 1.34. The highest BCUT2D eigenvalue weighted by Gasteiger charge is 2.43. The summed E-state index contributed by atoms with van der Waals surface area (Å²) in [5.41, 5.74) is -0.447. The van der Waals surface area contributed by atoms with E-state index in [-0.39, 0.29) is 5.91 Å². The lowest BCUT2D eigenvalue weighted by Gasteiger charge is -2.40. The highest BCUT2D eigenvalue weighted by atomic mass is 32.2. The van der Waals surface area contributed by atoms with Crippen molar-refractivity contribution in [3.8, 4) is 0 Å². The summed E-state index contributed by atoms with van der Waals surface area (Å²) >= 11 is 0. The van der Waals surface area contributed by atoms with Crippen LogP contribution in [0, 0.1) is 11.8 Å². The first-order chi connectivity index (χ1) is 12.0. The summed E-state index contributed by atoms with van der Waals surface area (Å²) < 4.78 is 32.7. The van der Waals surface area contributed by atoms with Crippen molar-refractivity contribution in [3.63, 3.8) is 0 Å². The molecule has 0 aromatic carbocycles. The highest BCUT2D eigenvalue weighted by molar-refractivity contribution is 7.89. The molecule has 0 unspecified atom stereocenters. The van der Waals surface area contributed by atoms with Gasteiger partial charge in [0.25, 0.3) is 0 Å². The number of carbonyl (C=O) groups is 1. The van der Waals surface area contributed by atoms with Crippen LogP contribution in [0.2, 0.25) is 0 Å². The summed E-state index contributed by atoms with van der Waals surface area (Å²) in [5.74, 6) is 1.54. The maximum atomic E-state index is 12.7. The molecule has 7 heteroatoms. The second-order valence-corrected chi connectivity index (χ2v) is 10.5. The topological polar surface area (TPSA) is 66.9 Å². The van der Waals surface area contributed by atoms with Gasteiger partial charge in [0.05, 0.1) is 24.4 Å². The van der Waals surface area contributed by atoms with E-state index in [0.717, 1.165) is 19.4 Å². The van der Waals surface area contributed by atoms with Gasteiger partial charge in [-0.05, 0) is 50.4 Å². The predicted molar refractivity (Wildman–Crippen MR) is 94.5 cm³/mol. The van der Waals surface area contributed by atoms with Crippen molar-refractivity contribution < 1.29 is 17.9 Å². The molecule has 0 bridgehead atoms. The molecule has 0 aromatic rings. The number of amides is 1. The Labute approximate surface area is 150 Å². The third kappa shape index (κ3) is 4.03. The van der Waals surface area contributed by atoms with Gasteiger partial charge in [-0.25, -0.2) is 12.7 Å². The van der Waals surface area contributed by atoms with Crippen LogP contribution in [0.3, 0.4) is 0 Å². The molecule has 0 radical (unpaired) electrons. The van der Waals surface area contributed by atoms with Gasteiger partial charge in [-0.2, -0.15) is 0 Å². The van der Waals surface area contributed by atoms with Crippen LogP contribution in [0.15, 0.2) is 0 Å². The second kappa shape index (κ2) is 6.82. The molecule has 1 spiro atoms. The van der Waals surface area contributed by atoms with Gasteiger partial charge >= 0.3 is 0 Å². The molecule has 6 nitrogen and oxygen atoms in total. The summed E-state index contributed by atoms with van der Waals surface area (Å²) in [7, 11) is -3.14. The molecule has 2 saturated heterocycles. The number of nitrogens with zero attached hydrogens (tertiary/aromatic N) is 2. The normalized spacial score (nSPS) is 28.8. The standard InChI is InChI=1S/C18H30N2O4S/c21-17-12-18(24-11-10-19(17)13-15-2-1-3-15)6-8-20(9-7-18)25(22,23)14-16-4-5-16/h15-16H,1-14H2. The first-order valence-corrected chi connectivity index (χ1v) is 11.5. The molecular weight excluding hydrogens is 340 g/mol. The minimum Gasteiger partial charge on any atom is -0.373 e. The Morgan fingerprint density at radius 2 is 1.76 bits per heavy atom. The van der Waals surface area contributed by atoms with Gasteiger partial charge in [0.2, 0.25) is 15.9 Å². The number of hydrogen-bond donors (Lipinski definition) is 0. The van der Waals surface area contributed by atoms with E-state index in [2.05, 4.69) is 0 Å². The average molecular weight is 371 g/mol. The summed E-state index contributed by atoms with van der Waals surface area (Å²) in [4.78, 5) is 14.7. The number of carbonyl (C=O) groups excluding carboxylic acids is 1. The lowest BCUT2D eigenvalue weighted by Crippen LogP contribution is -2.49. The molecule has 0 atom stereocenters. The molecule has 142 valence electrons. The van der Waals surface area contributed by atoms with Gasteiger partial charge in [-0.3, -0.25) is 4.79 Å². The predicted octanol–water partition coefficient (Wildman–Crippen LogP) is 1.61. The number of piperidine rings is 1. The van der Waals surface area contributed by atoms with Crippen molar-refractivity contribution in [1.29, 1.82) is 0 Å². The number of rotatable bonds is 5. The molecule has 2 aliphatic heterocycles. The van der Waals surface area contributed by atoms with E-state index in [1.807, 2.05) is 4.90 Å². The van der Waals surface area contributed by atoms with Crippen molar-refractivity contribution in [2.75, 3.05) is 38.5 Å². The van der Waals surface area contributed by atoms with Crippen LogP contribution in [-0.2, 0) is 19.6 Å². The van der Waals surface area contributed by atoms with Crippen molar-refractivity contribution in [3.05, 3.63) is 0 Å². The van der Waals surface area contributed by atoms with Crippen LogP contribution >= 0.6 is 0 Å². The minimum absolute atomic E-state index is 0.193. The van der Waals surface area contributed by atoms with E-state index in [1.165, 1.54) is 19.3 Å². The third-order valence-corrected chi connectivity index (χ3v) is 8.51. The maximum absolute atomic E-state index is 12.7. The smallest absolute Gasteiger partial charge is 0.225 e. The SMILES string of the molecule is O=C1CC2(CCN(S(=O)(=O)CC3CC3)CC2)OCCN1CC1CCC1. The van der Waals surface area contributed by atoms with E-state index in [4.69, 9.17) is 4.74 Å². The molecule has 1 amide bonds. The number of sulfonamides is 1. The quantitative estimate of drug-likeness (QED) is 0.737. The largest absolute Gasteiger partial charge is 0.373 e. The van der Waals surface area contributed by atoms with E-state index in [0.29, 0.717) is 63.1 Å². The van der Waals surface area contributed by atoms with Crippen molar-refractivity contribution in [1.82, 2.24) is 9.21 Å². The van der Waals surface area contributed by atoms with Crippen LogP contribution in [-0.4, -0.2) is 67.7 Å². The summed E-state index contributed by atoms with van der Waals surface area (Å²) in [6, 6.07) is 0. The fourth-order valence-electron chi connectivity index (χ4n) is 4.30. The van der Waals surface area contributed by atoms with Gasteiger partial charge in [-0.1, -0.05) is 6.42 Å². The van der Waals surface area contributed by atoms with Gasteiger partial charge in [0, 0.05) is 26.2 Å². The lowest BCUT2D eigenvalue weighted by molar-refractivity contribution is -0.135. The molecular formula is C18H30N2O4S.